The van der Waals surface area contributed by atoms with Crippen molar-refractivity contribution < 1.29 is 13.9 Å². The minimum absolute atomic E-state index is 0.209. The number of carbonyl (C=O) groups excluding carboxylic acids is 1. The van der Waals surface area contributed by atoms with Gasteiger partial charge < -0.3 is 14.1 Å². The van der Waals surface area contributed by atoms with Gasteiger partial charge in [0.25, 0.3) is 5.91 Å². The van der Waals surface area contributed by atoms with E-state index in [1.807, 2.05) is 13.0 Å². The Hall–Kier alpha value is -2.39. The van der Waals surface area contributed by atoms with Gasteiger partial charge >= 0.3 is 0 Å². The van der Waals surface area contributed by atoms with Crippen LogP contribution in [0.1, 0.15) is 16.2 Å². The molecule has 1 aliphatic heterocycles. The third kappa shape index (κ3) is 2.12. The Morgan fingerprint density at radius 3 is 3.20 bits per heavy atom. The van der Waals surface area contributed by atoms with E-state index in [9.17, 15) is 4.79 Å². The highest BCUT2D eigenvalue weighted by molar-refractivity contribution is 5.95. The van der Waals surface area contributed by atoms with Crippen LogP contribution >= 0.6 is 0 Å². The molecule has 1 fully saturated rings. The van der Waals surface area contributed by atoms with Crippen LogP contribution in [0.5, 0.6) is 0 Å². The fraction of sp³-hybridized carbons (Fsp3) is 0.357. The summed E-state index contributed by atoms with van der Waals surface area (Å²) < 4.78 is 10.7. The Labute approximate surface area is 115 Å². The molecule has 0 aliphatic carbocycles. The van der Waals surface area contributed by atoms with Crippen LogP contribution in [0.25, 0.3) is 11.1 Å². The largest absolute Gasteiger partial charge is 0.449 e. The lowest BCUT2D eigenvalue weighted by atomic mass is 10.2. The van der Waals surface area contributed by atoms with Gasteiger partial charge in [-0.15, -0.1) is 0 Å². The highest BCUT2D eigenvalue weighted by atomic mass is 16.5. The highest BCUT2D eigenvalue weighted by Gasteiger charge is 2.30. The number of carbonyl (C=O) groups is 1. The average molecular weight is 271 g/mol. The molecule has 0 N–H and O–H groups in total. The minimum atomic E-state index is -0.570. The molecule has 3 heterocycles. The zero-order valence-electron chi connectivity index (χ0n) is 11.0. The van der Waals surface area contributed by atoms with Crippen molar-refractivity contribution in [2.75, 3.05) is 19.8 Å². The number of rotatable bonds is 1. The Kier molecular flexibility index (Phi) is 3.12. The van der Waals surface area contributed by atoms with Gasteiger partial charge in [0.2, 0.25) is 0 Å². The molecule has 3 rings (SSSR count). The van der Waals surface area contributed by atoms with E-state index < -0.39 is 6.04 Å². The van der Waals surface area contributed by atoms with Crippen molar-refractivity contribution in [3.05, 3.63) is 29.7 Å². The third-order valence-electron chi connectivity index (χ3n) is 3.26. The molecule has 1 atom stereocenters. The topological polar surface area (TPSA) is 79.4 Å². The molecular weight excluding hydrogens is 258 g/mol. The van der Waals surface area contributed by atoms with Gasteiger partial charge in [-0.25, -0.2) is 4.98 Å². The van der Waals surface area contributed by atoms with Crippen molar-refractivity contribution in [1.29, 1.82) is 5.26 Å². The minimum Gasteiger partial charge on any atom is -0.449 e. The Bertz CT molecular complexity index is 701. The zero-order valence-corrected chi connectivity index (χ0v) is 11.0. The summed E-state index contributed by atoms with van der Waals surface area (Å²) in [6.07, 6.45) is 0. The summed E-state index contributed by atoms with van der Waals surface area (Å²) in [5.41, 5.74) is 2.08. The molecule has 102 valence electrons. The van der Waals surface area contributed by atoms with Crippen LogP contribution in [0, 0.1) is 18.3 Å². The lowest BCUT2D eigenvalue weighted by molar-refractivity contribution is 0.0116. The number of morpholine rings is 1. The zero-order chi connectivity index (χ0) is 14.1. The third-order valence-corrected chi connectivity index (χ3v) is 3.26. The standard InChI is InChI=1S/C14H13N3O3/c1-9-2-3-12-11(16-9)6-13(20-12)14(18)17-4-5-19-8-10(17)7-15/h2-3,6,10H,4-5,8H2,1H3/t10-/m0/s1. The Morgan fingerprint density at radius 1 is 1.55 bits per heavy atom. The number of fused-ring (bicyclic) bond motifs is 1. The van der Waals surface area contributed by atoms with E-state index in [2.05, 4.69) is 11.1 Å². The van der Waals surface area contributed by atoms with E-state index in [-0.39, 0.29) is 18.3 Å². The molecule has 0 bridgehead atoms. The fourth-order valence-electron chi connectivity index (χ4n) is 2.23. The molecule has 0 unspecified atom stereocenters. The molecule has 2 aromatic rings. The number of aryl methyl sites for hydroxylation is 1. The summed E-state index contributed by atoms with van der Waals surface area (Å²) in [5.74, 6) is -0.0873. The van der Waals surface area contributed by atoms with Crippen molar-refractivity contribution >= 4 is 17.0 Å². The first-order chi connectivity index (χ1) is 9.69. The molecule has 0 spiro atoms. The summed E-state index contributed by atoms with van der Waals surface area (Å²) in [7, 11) is 0. The first-order valence-corrected chi connectivity index (χ1v) is 6.34. The second-order valence-electron chi connectivity index (χ2n) is 4.67. The number of ether oxygens (including phenoxy) is 1. The molecule has 2 aromatic heterocycles. The molecule has 0 radical (unpaired) electrons. The van der Waals surface area contributed by atoms with Gasteiger partial charge in [0.05, 0.1) is 19.3 Å². The first kappa shape index (κ1) is 12.6. The smallest absolute Gasteiger partial charge is 0.290 e. The SMILES string of the molecule is Cc1ccc2oc(C(=O)N3CCOC[C@@H]3C#N)cc2n1. The number of aromatic nitrogens is 1. The lowest BCUT2D eigenvalue weighted by Gasteiger charge is -2.30. The van der Waals surface area contributed by atoms with Crippen LogP contribution in [-0.2, 0) is 4.74 Å². The van der Waals surface area contributed by atoms with Crippen LogP contribution in [0.2, 0.25) is 0 Å². The summed E-state index contributed by atoms with van der Waals surface area (Å²) in [6, 6.07) is 6.73. The van der Waals surface area contributed by atoms with Crippen molar-refractivity contribution in [2.45, 2.75) is 13.0 Å². The number of nitrogens with zero attached hydrogens (tertiary/aromatic N) is 3. The average Bonchev–Trinajstić information content (AvgIpc) is 2.89. The van der Waals surface area contributed by atoms with Crippen LogP contribution < -0.4 is 0 Å². The number of furan rings is 1. The molecule has 0 saturated carbocycles. The predicted octanol–water partition coefficient (Wildman–Crippen LogP) is 1.50. The first-order valence-electron chi connectivity index (χ1n) is 6.34. The normalized spacial score (nSPS) is 19.0. The molecule has 1 amide bonds. The maximum absolute atomic E-state index is 12.4. The monoisotopic (exact) mass is 271 g/mol. The van der Waals surface area contributed by atoms with E-state index in [4.69, 9.17) is 14.4 Å². The van der Waals surface area contributed by atoms with Gasteiger partial charge in [-0.05, 0) is 19.1 Å². The van der Waals surface area contributed by atoms with Crippen LogP contribution in [0.4, 0.5) is 0 Å². The molecule has 1 saturated heterocycles. The number of pyridine rings is 1. The van der Waals surface area contributed by atoms with Crippen molar-refractivity contribution in [3.8, 4) is 6.07 Å². The fourth-order valence-corrected chi connectivity index (χ4v) is 2.23. The molecule has 20 heavy (non-hydrogen) atoms. The van der Waals surface area contributed by atoms with Gasteiger partial charge in [-0.1, -0.05) is 0 Å². The van der Waals surface area contributed by atoms with Crippen LogP contribution in [0.3, 0.4) is 0 Å². The van der Waals surface area contributed by atoms with Crippen molar-refractivity contribution in [2.24, 2.45) is 0 Å². The summed E-state index contributed by atoms with van der Waals surface area (Å²) in [5, 5.41) is 9.07. The van der Waals surface area contributed by atoms with Crippen LogP contribution in [0.15, 0.2) is 22.6 Å². The lowest BCUT2D eigenvalue weighted by Crippen LogP contribution is -2.47. The van der Waals surface area contributed by atoms with E-state index in [1.165, 1.54) is 4.90 Å². The molecule has 6 nitrogen and oxygen atoms in total. The maximum atomic E-state index is 12.4. The number of amides is 1. The quantitative estimate of drug-likeness (QED) is 0.785. The highest BCUT2D eigenvalue weighted by Crippen LogP contribution is 2.20. The van der Waals surface area contributed by atoms with Gasteiger partial charge in [0.1, 0.15) is 11.6 Å². The van der Waals surface area contributed by atoms with Gasteiger partial charge in [-0.2, -0.15) is 5.26 Å². The Balaban J connectivity index is 1.93. The molecule has 6 heteroatoms. The Morgan fingerprint density at radius 2 is 2.40 bits per heavy atom. The molecule has 1 aliphatic rings. The number of hydrogen-bond donors (Lipinski definition) is 0. The van der Waals surface area contributed by atoms with E-state index in [1.54, 1.807) is 12.1 Å². The van der Waals surface area contributed by atoms with Gasteiger partial charge in [0.15, 0.2) is 11.3 Å². The number of nitriles is 1. The maximum Gasteiger partial charge on any atom is 0.290 e. The van der Waals surface area contributed by atoms with Crippen molar-refractivity contribution in [1.82, 2.24) is 9.88 Å². The second-order valence-corrected chi connectivity index (χ2v) is 4.67. The summed E-state index contributed by atoms with van der Waals surface area (Å²) >= 11 is 0. The van der Waals surface area contributed by atoms with Gasteiger partial charge in [-0.3, -0.25) is 4.79 Å². The summed E-state index contributed by atoms with van der Waals surface area (Å²) in [4.78, 5) is 18.2. The van der Waals surface area contributed by atoms with E-state index in [0.29, 0.717) is 24.3 Å². The molecule has 0 aromatic carbocycles. The number of hydrogen-bond acceptors (Lipinski definition) is 5. The van der Waals surface area contributed by atoms with Crippen LogP contribution in [-0.4, -0.2) is 41.6 Å². The summed E-state index contributed by atoms with van der Waals surface area (Å²) in [6.45, 7) is 2.93. The molecular formula is C14H13N3O3. The second kappa shape index (κ2) is 4.94. The van der Waals surface area contributed by atoms with Gasteiger partial charge in [0, 0.05) is 18.3 Å². The van der Waals surface area contributed by atoms with E-state index in [0.717, 1.165) is 5.69 Å². The van der Waals surface area contributed by atoms with Crippen molar-refractivity contribution in [3.63, 3.8) is 0 Å². The predicted molar refractivity (Wildman–Crippen MR) is 70.0 cm³/mol. The van der Waals surface area contributed by atoms with E-state index >= 15 is 0 Å².